The second kappa shape index (κ2) is 9.17. The van der Waals surface area contributed by atoms with Gasteiger partial charge in [-0.2, -0.15) is 0 Å². The quantitative estimate of drug-likeness (QED) is 0.369. The molecule has 0 aliphatic heterocycles. The summed E-state index contributed by atoms with van der Waals surface area (Å²) in [6.45, 7) is 2.26. The van der Waals surface area contributed by atoms with Crippen molar-refractivity contribution in [3.63, 3.8) is 0 Å². The van der Waals surface area contributed by atoms with Crippen LogP contribution < -0.4 is 0 Å². The van der Waals surface area contributed by atoms with Crippen molar-refractivity contribution >= 4 is 16.7 Å². The maximum atomic E-state index is 13.5. The predicted octanol–water partition coefficient (Wildman–Crippen LogP) is 5.29. The molecule has 0 aliphatic rings. The monoisotopic (exact) mass is 344 g/mol. The van der Waals surface area contributed by atoms with Crippen LogP contribution in [-0.4, -0.2) is 19.0 Å². The highest BCUT2D eigenvalue weighted by Crippen LogP contribution is 2.28. The zero-order chi connectivity index (χ0) is 18.2. The lowest BCUT2D eigenvalue weighted by Gasteiger charge is -2.16. The standard InChI is InChI=1S/C21H22F2O2/c1-3-5-6-7-12-25-21(24)19(20(22)23)18-11-10-16-13-15(4-2)8-9-17(16)14-18/h2,8-11,13-14,19-20H,3,5-7,12H2,1H3. The molecule has 0 aliphatic carbocycles. The largest absolute Gasteiger partial charge is 0.465 e. The molecule has 0 heterocycles. The van der Waals surface area contributed by atoms with Gasteiger partial charge in [-0.15, -0.1) is 6.42 Å². The molecule has 0 aromatic heterocycles. The first-order valence-corrected chi connectivity index (χ1v) is 8.52. The van der Waals surface area contributed by atoms with Gasteiger partial charge in [0.15, 0.2) is 0 Å². The number of carbonyl (C=O) groups is 1. The molecule has 0 N–H and O–H groups in total. The van der Waals surface area contributed by atoms with Crippen LogP contribution in [0.25, 0.3) is 10.8 Å². The van der Waals surface area contributed by atoms with Crippen LogP contribution in [0.1, 0.15) is 49.7 Å². The van der Waals surface area contributed by atoms with E-state index in [1.807, 2.05) is 6.07 Å². The number of terminal acetylenes is 1. The number of fused-ring (bicyclic) bond motifs is 1. The molecule has 0 saturated heterocycles. The van der Waals surface area contributed by atoms with Crippen LogP contribution in [0, 0.1) is 12.3 Å². The van der Waals surface area contributed by atoms with Crippen molar-refractivity contribution in [2.45, 2.75) is 45.0 Å². The van der Waals surface area contributed by atoms with Gasteiger partial charge in [0.2, 0.25) is 0 Å². The molecule has 0 radical (unpaired) electrons. The lowest BCUT2D eigenvalue weighted by molar-refractivity contribution is -0.149. The highest BCUT2D eigenvalue weighted by Gasteiger charge is 2.31. The summed E-state index contributed by atoms with van der Waals surface area (Å²) in [7, 11) is 0. The zero-order valence-corrected chi connectivity index (χ0v) is 14.3. The third-order valence-corrected chi connectivity index (χ3v) is 4.14. The first-order valence-electron chi connectivity index (χ1n) is 8.52. The molecule has 25 heavy (non-hydrogen) atoms. The number of unbranched alkanes of at least 4 members (excludes halogenated alkanes) is 3. The van der Waals surface area contributed by atoms with Crippen molar-refractivity contribution in [1.29, 1.82) is 0 Å². The molecular weight excluding hydrogens is 322 g/mol. The summed E-state index contributed by atoms with van der Waals surface area (Å²) < 4.78 is 32.0. The van der Waals surface area contributed by atoms with Crippen molar-refractivity contribution in [1.82, 2.24) is 0 Å². The SMILES string of the molecule is C#Cc1ccc2cc(C(C(=O)OCCCCCC)C(F)F)ccc2c1. The summed E-state index contributed by atoms with van der Waals surface area (Å²) in [5, 5.41) is 1.61. The molecule has 0 fully saturated rings. The van der Waals surface area contributed by atoms with E-state index in [1.54, 1.807) is 24.3 Å². The number of alkyl halides is 2. The Hall–Kier alpha value is -2.41. The summed E-state index contributed by atoms with van der Waals surface area (Å²) >= 11 is 0. The molecule has 0 saturated carbocycles. The van der Waals surface area contributed by atoms with Gasteiger partial charge in [-0.25, -0.2) is 8.78 Å². The first-order chi connectivity index (χ1) is 12.1. The number of carbonyl (C=O) groups excluding carboxylic acids is 1. The number of esters is 1. The van der Waals surface area contributed by atoms with Gasteiger partial charge in [-0.3, -0.25) is 4.79 Å². The van der Waals surface area contributed by atoms with Gasteiger partial charge in [0.1, 0.15) is 5.92 Å². The average molecular weight is 344 g/mol. The number of rotatable bonds is 8. The van der Waals surface area contributed by atoms with Crippen molar-refractivity contribution in [2.24, 2.45) is 0 Å². The summed E-state index contributed by atoms with van der Waals surface area (Å²) in [5.74, 6) is 0.100. The molecule has 2 aromatic carbocycles. The fourth-order valence-electron chi connectivity index (χ4n) is 2.72. The molecule has 132 valence electrons. The Morgan fingerprint density at radius 3 is 2.52 bits per heavy atom. The molecule has 1 unspecified atom stereocenters. The van der Waals surface area contributed by atoms with Gasteiger partial charge < -0.3 is 4.74 Å². The number of halogens is 2. The number of ether oxygens (including phenoxy) is 1. The van der Waals surface area contributed by atoms with Gasteiger partial charge in [0, 0.05) is 5.56 Å². The molecule has 4 heteroatoms. The first kappa shape index (κ1) is 18.9. The normalized spacial score (nSPS) is 12.1. The molecule has 2 nitrogen and oxygen atoms in total. The topological polar surface area (TPSA) is 26.3 Å². The van der Waals surface area contributed by atoms with E-state index in [0.29, 0.717) is 6.42 Å². The highest BCUT2D eigenvalue weighted by molar-refractivity contribution is 5.87. The van der Waals surface area contributed by atoms with Crippen molar-refractivity contribution < 1.29 is 18.3 Å². The van der Waals surface area contributed by atoms with E-state index >= 15 is 0 Å². The van der Waals surface area contributed by atoms with E-state index in [-0.39, 0.29) is 12.2 Å². The molecule has 0 amide bonds. The van der Waals surface area contributed by atoms with Crippen molar-refractivity contribution in [3.05, 3.63) is 47.5 Å². The summed E-state index contributed by atoms with van der Waals surface area (Å²) in [6, 6.07) is 10.2. The van der Waals surface area contributed by atoms with Crippen molar-refractivity contribution in [2.75, 3.05) is 6.61 Å². The highest BCUT2D eigenvalue weighted by atomic mass is 19.3. The third kappa shape index (κ3) is 5.03. The van der Waals surface area contributed by atoms with Crippen LogP contribution in [0.2, 0.25) is 0 Å². The second-order valence-corrected chi connectivity index (χ2v) is 6.01. The Morgan fingerprint density at radius 2 is 1.84 bits per heavy atom. The van der Waals surface area contributed by atoms with E-state index in [9.17, 15) is 13.6 Å². The lowest BCUT2D eigenvalue weighted by atomic mass is 9.96. The molecule has 2 aromatic rings. The van der Waals surface area contributed by atoms with Crippen LogP contribution in [0.5, 0.6) is 0 Å². The van der Waals surface area contributed by atoms with E-state index in [2.05, 4.69) is 12.8 Å². The van der Waals surface area contributed by atoms with Crippen LogP contribution >= 0.6 is 0 Å². The summed E-state index contributed by atoms with van der Waals surface area (Å²) in [6.07, 6.45) is 6.28. The van der Waals surface area contributed by atoms with Crippen molar-refractivity contribution in [3.8, 4) is 12.3 Å². The number of benzene rings is 2. The predicted molar refractivity (Wildman–Crippen MR) is 95.7 cm³/mol. The smallest absolute Gasteiger partial charge is 0.319 e. The third-order valence-electron chi connectivity index (χ3n) is 4.14. The second-order valence-electron chi connectivity index (χ2n) is 6.01. The average Bonchev–Trinajstić information content (AvgIpc) is 2.61. The Kier molecular flexibility index (Phi) is 6.94. The van der Waals surface area contributed by atoms with Gasteiger partial charge >= 0.3 is 5.97 Å². The Morgan fingerprint density at radius 1 is 1.12 bits per heavy atom. The maximum absolute atomic E-state index is 13.5. The minimum absolute atomic E-state index is 0.182. The molecule has 2 rings (SSSR count). The molecule has 1 atom stereocenters. The Balaban J connectivity index is 2.15. The zero-order valence-electron chi connectivity index (χ0n) is 14.3. The van der Waals surface area contributed by atoms with Crippen LogP contribution in [0.4, 0.5) is 8.78 Å². The Labute approximate surface area is 147 Å². The van der Waals surface area contributed by atoms with E-state index in [1.165, 1.54) is 6.07 Å². The number of hydrogen-bond acceptors (Lipinski definition) is 2. The number of hydrogen-bond donors (Lipinski definition) is 0. The lowest BCUT2D eigenvalue weighted by Crippen LogP contribution is -2.23. The molecule has 0 spiro atoms. The van der Waals surface area contributed by atoms with Crippen LogP contribution in [0.15, 0.2) is 36.4 Å². The van der Waals surface area contributed by atoms with E-state index < -0.39 is 18.3 Å². The molecule has 0 bridgehead atoms. The Bertz CT molecular complexity index is 762. The van der Waals surface area contributed by atoms with E-state index in [0.717, 1.165) is 35.6 Å². The van der Waals surface area contributed by atoms with Crippen LogP contribution in [-0.2, 0) is 9.53 Å². The minimum Gasteiger partial charge on any atom is -0.465 e. The van der Waals surface area contributed by atoms with E-state index in [4.69, 9.17) is 11.2 Å². The fraction of sp³-hybridized carbons (Fsp3) is 0.381. The van der Waals surface area contributed by atoms with Gasteiger partial charge in [0.25, 0.3) is 6.43 Å². The van der Waals surface area contributed by atoms with Gasteiger partial charge in [-0.1, -0.05) is 56.4 Å². The van der Waals surface area contributed by atoms with Crippen LogP contribution in [0.3, 0.4) is 0 Å². The summed E-state index contributed by atoms with van der Waals surface area (Å²) in [5.41, 5.74) is 0.978. The molecular formula is C21H22F2O2. The fourth-order valence-corrected chi connectivity index (χ4v) is 2.72. The minimum atomic E-state index is -2.81. The summed E-state index contributed by atoms with van der Waals surface area (Å²) in [4.78, 5) is 12.1. The maximum Gasteiger partial charge on any atom is 0.319 e. The van der Waals surface area contributed by atoms with Gasteiger partial charge in [0.05, 0.1) is 6.61 Å². The van der Waals surface area contributed by atoms with Gasteiger partial charge in [-0.05, 0) is 34.9 Å².